The van der Waals surface area contributed by atoms with Gasteiger partial charge in [-0.25, -0.2) is 4.39 Å². The van der Waals surface area contributed by atoms with E-state index >= 15 is 0 Å². The molecule has 0 spiro atoms. The van der Waals surface area contributed by atoms with E-state index < -0.39 is 6.86 Å². The highest BCUT2D eigenvalue weighted by atomic mass is 19.1. The molecule has 1 nitrogen and oxygen atoms in total. The molecule has 0 fully saturated rings. The van der Waals surface area contributed by atoms with E-state index in [0.29, 0.717) is 0 Å². The van der Waals surface area contributed by atoms with E-state index in [1.54, 1.807) is 6.92 Å². The fourth-order valence-electron chi connectivity index (χ4n) is 0.0630. The second kappa shape index (κ2) is 3.89. The Kier molecular flexibility index (Phi) is 3.80. The van der Waals surface area contributed by atoms with Gasteiger partial charge in [-0.1, -0.05) is 0 Å². The first kappa shape index (κ1) is 4.89. The third kappa shape index (κ3) is 3.89. The molecule has 0 aliphatic carbocycles. The molecule has 1 radical (unpaired) electrons. The van der Waals surface area contributed by atoms with Crippen LogP contribution in [0.5, 0.6) is 0 Å². The monoisotopic (exact) mass is 77.0 g/mol. The maximum absolute atomic E-state index is 10.7. The standard InChI is InChI=1S/C3H6FO/c1-2-5-3-4/h2H,3H2,1H3. The first-order chi connectivity index (χ1) is 2.41. The summed E-state index contributed by atoms with van der Waals surface area (Å²) < 4.78 is 14.8. The van der Waals surface area contributed by atoms with Crippen LogP contribution in [0.2, 0.25) is 0 Å². The van der Waals surface area contributed by atoms with Gasteiger partial charge in [0.25, 0.3) is 0 Å². The van der Waals surface area contributed by atoms with E-state index in [-0.39, 0.29) is 0 Å². The van der Waals surface area contributed by atoms with E-state index in [0.717, 1.165) is 0 Å². The lowest BCUT2D eigenvalue weighted by Gasteiger charge is -1.82. The van der Waals surface area contributed by atoms with Crippen molar-refractivity contribution in [1.82, 2.24) is 0 Å². The molecule has 31 valence electrons. The topological polar surface area (TPSA) is 9.23 Å². The van der Waals surface area contributed by atoms with Crippen molar-refractivity contribution in [2.24, 2.45) is 0 Å². The van der Waals surface area contributed by atoms with E-state index in [1.807, 2.05) is 0 Å². The fourth-order valence-corrected chi connectivity index (χ4v) is 0.0630. The Balaban J connectivity index is 2.19. The molecule has 0 aromatic rings. The number of halogens is 1. The molecule has 0 saturated carbocycles. The number of alkyl halides is 1. The molecule has 0 unspecified atom stereocenters. The van der Waals surface area contributed by atoms with Crippen LogP contribution in [0.3, 0.4) is 0 Å². The zero-order valence-electron chi connectivity index (χ0n) is 3.07. The summed E-state index contributed by atoms with van der Waals surface area (Å²) in [6.07, 6.45) is 0. The van der Waals surface area contributed by atoms with Crippen molar-refractivity contribution in [3.8, 4) is 0 Å². The van der Waals surface area contributed by atoms with Gasteiger partial charge in [-0.15, -0.1) is 0 Å². The lowest BCUT2D eigenvalue weighted by atomic mass is 10.9. The van der Waals surface area contributed by atoms with Gasteiger partial charge in [-0.05, 0) is 6.92 Å². The molecule has 0 aromatic carbocycles. The minimum absolute atomic E-state index is 0.712. The summed E-state index contributed by atoms with van der Waals surface area (Å²) in [6.45, 7) is 2.22. The summed E-state index contributed by atoms with van der Waals surface area (Å²) in [6, 6.07) is 0. The van der Waals surface area contributed by atoms with Crippen LogP contribution >= 0.6 is 0 Å². The smallest absolute Gasteiger partial charge is 0.188 e. The van der Waals surface area contributed by atoms with E-state index in [4.69, 9.17) is 0 Å². The number of ether oxygens (including phenoxy) is 1. The van der Waals surface area contributed by atoms with Crippen molar-refractivity contribution in [3.05, 3.63) is 6.61 Å². The normalized spacial score (nSPS) is 8.40. The minimum atomic E-state index is -0.712. The van der Waals surface area contributed by atoms with Gasteiger partial charge in [-0.2, -0.15) is 0 Å². The van der Waals surface area contributed by atoms with Crippen LogP contribution in [-0.4, -0.2) is 6.86 Å². The zero-order valence-corrected chi connectivity index (χ0v) is 3.07. The quantitative estimate of drug-likeness (QED) is 0.479. The Morgan fingerprint density at radius 1 is 2.00 bits per heavy atom. The minimum Gasteiger partial charge on any atom is -0.345 e. The first-order valence-electron chi connectivity index (χ1n) is 1.37. The first-order valence-corrected chi connectivity index (χ1v) is 1.37. The van der Waals surface area contributed by atoms with Gasteiger partial charge in [0.1, 0.15) is 0 Å². The van der Waals surface area contributed by atoms with Gasteiger partial charge in [0, 0.05) is 0 Å². The third-order valence-electron chi connectivity index (χ3n) is 0.230. The highest BCUT2D eigenvalue weighted by Crippen LogP contribution is 1.74. The van der Waals surface area contributed by atoms with E-state index in [9.17, 15) is 4.39 Å². The van der Waals surface area contributed by atoms with Crippen LogP contribution in [0.25, 0.3) is 0 Å². The predicted molar refractivity (Wildman–Crippen MR) is 17.0 cm³/mol. The molecule has 0 aliphatic rings. The molecule has 0 N–H and O–H groups in total. The molecule has 0 bridgehead atoms. The summed E-state index contributed by atoms with van der Waals surface area (Å²) in [5.41, 5.74) is 0. The van der Waals surface area contributed by atoms with Crippen molar-refractivity contribution in [2.75, 3.05) is 6.86 Å². The second-order valence-electron chi connectivity index (χ2n) is 0.511. The maximum atomic E-state index is 10.7. The highest BCUT2D eigenvalue weighted by Gasteiger charge is 1.68. The molecule has 0 aliphatic heterocycles. The molecule has 0 rings (SSSR count). The summed E-state index contributed by atoms with van der Waals surface area (Å²) in [5.74, 6) is 0. The molecule has 5 heavy (non-hydrogen) atoms. The van der Waals surface area contributed by atoms with Crippen molar-refractivity contribution in [2.45, 2.75) is 6.92 Å². The molecule has 0 saturated heterocycles. The number of hydrogen-bond acceptors (Lipinski definition) is 1. The largest absolute Gasteiger partial charge is 0.345 e. The van der Waals surface area contributed by atoms with E-state index in [2.05, 4.69) is 4.74 Å². The van der Waals surface area contributed by atoms with Crippen molar-refractivity contribution >= 4 is 0 Å². The molecular formula is C3H6FO. The average molecular weight is 77.1 g/mol. The van der Waals surface area contributed by atoms with Gasteiger partial charge < -0.3 is 4.74 Å². The highest BCUT2D eigenvalue weighted by molar-refractivity contribution is 4.25. The summed E-state index contributed by atoms with van der Waals surface area (Å²) in [7, 11) is 0. The predicted octanol–water partition coefficient (Wildman–Crippen LogP) is 1.11. The number of hydrogen-bond donors (Lipinski definition) is 0. The Morgan fingerprint density at radius 3 is 2.60 bits per heavy atom. The van der Waals surface area contributed by atoms with Crippen LogP contribution in [-0.2, 0) is 4.74 Å². The van der Waals surface area contributed by atoms with Crippen molar-refractivity contribution in [3.63, 3.8) is 0 Å². The Hall–Kier alpha value is -0.110. The average Bonchev–Trinajstić information content (AvgIpc) is 1.41. The van der Waals surface area contributed by atoms with Crippen LogP contribution in [0, 0.1) is 6.61 Å². The van der Waals surface area contributed by atoms with Gasteiger partial charge in [0.05, 0.1) is 6.61 Å². The number of rotatable bonds is 2. The van der Waals surface area contributed by atoms with Crippen molar-refractivity contribution < 1.29 is 9.13 Å². The second-order valence-corrected chi connectivity index (χ2v) is 0.511. The third-order valence-corrected chi connectivity index (χ3v) is 0.230. The summed E-state index contributed by atoms with van der Waals surface area (Å²) in [5, 5.41) is 0. The molecule has 2 heteroatoms. The zero-order chi connectivity index (χ0) is 4.12. The lowest BCUT2D eigenvalue weighted by Crippen LogP contribution is -1.75. The Morgan fingerprint density at radius 2 is 2.60 bits per heavy atom. The van der Waals surface area contributed by atoms with Gasteiger partial charge >= 0.3 is 0 Å². The lowest BCUT2D eigenvalue weighted by molar-refractivity contribution is 0.109. The molecule has 0 atom stereocenters. The van der Waals surface area contributed by atoms with E-state index in [1.165, 1.54) is 6.61 Å². The summed E-state index contributed by atoms with van der Waals surface area (Å²) >= 11 is 0. The summed E-state index contributed by atoms with van der Waals surface area (Å²) in [4.78, 5) is 0. The molecule has 0 aromatic heterocycles. The molecule has 0 amide bonds. The molecule has 0 heterocycles. The van der Waals surface area contributed by atoms with Crippen LogP contribution in [0.15, 0.2) is 0 Å². The van der Waals surface area contributed by atoms with Gasteiger partial charge in [0.15, 0.2) is 6.86 Å². The maximum Gasteiger partial charge on any atom is 0.188 e. The molecular weight excluding hydrogens is 71.0 g/mol. The Bertz CT molecular complexity index is 14.4. The van der Waals surface area contributed by atoms with Crippen LogP contribution in [0.1, 0.15) is 6.92 Å². The Labute approximate surface area is 30.7 Å². The SMILES string of the molecule is C[CH]OCF. The van der Waals surface area contributed by atoms with Crippen LogP contribution < -0.4 is 0 Å². The van der Waals surface area contributed by atoms with Crippen molar-refractivity contribution in [1.29, 1.82) is 0 Å². The van der Waals surface area contributed by atoms with Gasteiger partial charge in [0.2, 0.25) is 0 Å². The van der Waals surface area contributed by atoms with Crippen LogP contribution in [0.4, 0.5) is 4.39 Å². The van der Waals surface area contributed by atoms with Gasteiger partial charge in [-0.3, -0.25) is 0 Å². The fraction of sp³-hybridized carbons (Fsp3) is 0.667.